The van der Waals surface area contributed by atoms with Crippen LogP contribution in [-0.2, 0) is 24.8 Å². The Kier molecular flexibility index (Phi) is 6.50. The molecule has 0 saturated carbocycles. The minimum atomic E-state index is -0.562. The van der Waals surface area contributed by atoms with E-state index < -0.39 is 11.2 Å². The van der Waals surface area contributed by atoms with E-state index in [4.69, 9.17) is 0 Å². The number of likely N-dealkylation sites (tertiary alicyclic amines) is 1. The highest BCUT2D eigenvalue weighted by molar-refractivity contribution is 5.78. The minimum absolute atomic E-state index is 0.210. The monoisotopic (exact) mass is 483 g/mol. The van der Waals surface area contributed by atoms with Gasteiger partial charge in [-0.1, -0.05) is 60.2 Å². The summed E-state index contributed by atoms with van der Waals surface area (Å²) < 4.78 is 2.31. The summed E-state index contributed by atoms with van der Waals surface area (Å²) in [6.07, 6.45) is 4.25. The molecule has 1 aliphatic rings. The second-order valence-electron chi connectivity index (χ2n) is 9.54. The summed E-state index contributed by atoms with van der Waals surface area (Å²) in [4.78, 5) is 49.9. The summed E-state index contributed by atoms with van der Waals surface area (Å²) in [5.41, 5.74) is 2.36. The van der Waals surface area contributed by atoms with Crippen LogP contribution in [0.5, 0.6) is 0 Å². The van der Waals surface area contributed by atoms with Gasteiger partial charge in [0.05, 0.1) is 0 Å². The Bertz CT molecular complexity index is 1520. The molecule has 0 aliphatic carbocycles. The summed E-state index contributed by atoms with van der Waals surface area (Å²) in [6.45, 7) is 2.96. The zero-order valence-corrected chi connectivity index (χ0v) is 20.6. The molecule has 3 heterocycles. The molecule has 0 atom stereocenters. The molecule has 2 aromatic carbocycles. The van der Waals surface area contributed by atoms with Crippen LogP contribution in [0.15, 0.2) is 70.4 Å². The molecule has 1 saturated heterocycles. The number of benzene rings is 2. The van der Waals surface area contributed by atoms with E-state index in [0.29, 0.717) is 24.8 Å². The van der Waals surface area contributed by atoms with Crippen molar-refractivity contribution in [2.24, 2.45) is 13.0 Å². The lowest BCUT2D eigenvalue weighted by atomic mass is 9.90. The van der Waals surface area contributed by atoms with E-state index in [1.54, 1.807) is 11.9 Å². The average molecular weight is 484 g/mol. The predicted molar refractivity (Wildman–Crippen MR) is 139 cm³/mol. The van der Waals surface area contributed by atoms with Crippen LogP contribution in [0.4, 0.5) is 0 Å². The van der Waals surface area contributed by atoms with Crippen molar-refractivity contribution in [2.45, 2.75) is 32.7 Å². The van der Waals surface area contributed by atoms with E-state index in [9.17, 15) is 14.4 Å². The molecule has 5 rings (SSSR count). The summed E-state index contributed by atoms with van der Waals surface area (Å²) in [6, 6.07) is 18.1. The number of amides is 1. The Morgan fingerprint density at radius 2 is 1.69 bits per heavy atom. The Hall–Kier alpha value is -4.07. The summed E-state index contributed by atoms with van der Waals surface area (Å²) in [7, 11) is 1.56. The molecular weight excluding hydrogens is 454 g/mol. The first-order valence-electron chi connectivity index (χ1n) is 12.3. The molecule has 0 unspecified atom stereocenters. The third-order valence-corrected chi connectivity index (χ3v) is 7.02. The molecule has 2 aromatic heterocycles. The van der Waals surface area contributed by atoms with Crippen molar-refractivity contribution in [3.63, 3.8) is 0 Å². The van der Waals surface area contributed by atoms with Gasteiger partial charge < -0.3 is 4.90 Å². The Morgan fingerprint density at radius 1 is 1.00 bits per heavy atom. The zero-order chi connectivity index (χ0) is 25.2. The summed E-state index contributed by atoms with van der Waals surface area (Å²) in [5.74, 6) is 0.737. The summed E-state index contributed by atoms with van der Waals surface area (Å²) >= 11 is 0. The van der Waals surface area contributed by atoms with Gasteiger partial charge in [-0.2, -0.15) is 0 Å². The van der Waals surface area contributed by atoms with Crippen LogP contribution >= 0.6 is 0 Å². The number of aromatic nitrogens is 4. The highest BCUT2D eigenvalue weighted by atomic mass is 16.2. The number of piperidine rings is 1. The van der Waals surface area contributed by atoms with E-state index in [0.717, 1.165) is 35.0 Å². The second kappa shape index (κ2) is 9.89. The third kappa shape index (κ3) is 4.71. The number of nitrogens with zero attached hydrogens (tertiary/aromatic N) is 5. The normalized spacial score (nSPS) is 14.3. The fourth-order valence-electron chi connectivity index (χ4n) is 4.83. The van der Waals surface area contributed by atoms with Gasteiger partial charge in [0.1, 0.15) is 11.9 Å². The summed E-state index contributed by atoms with van der Waals surface area (Å²) in [5, 5.41) is 0.210. The van der Waals surface area contributed by atoms with Gasteiger partial charge in [-0.05, 0) is 37.7 Å². The van der Waals surface area contributed by atoms with Crippen LogP contribution < -0.4 is 11.2 Å². The molecule has 8 heteroatoms. The second-order valence-corrected chi connectivity index (χ2v) is 9.54. The van der Waals surface area contributed by atoms with Crippen LogP contribution in [0, 0.1) is 12.8 Å². The molecule has 0 bridgehead atoms. The third-order valence-electron chi connectivity index (χ3n) is 7.02. The lowest BCUT2D eigenvalue weighted by molar-refractivity contribution is -0.133. The molecule has 0 radical (unpaired) electrons. The van der Waals surface area contributed by atoms with Crippen molar-refractivity contribution in [3.8, 4) is 11.4 Å². The molecule has 1 amide bonds. The first-order chi connectivity index (χ1) is 17.4. The van der Waals surface area contributed by atoms with Gasteiger partial charge in [-0.25, -0.2) is 14.8 Å². The van der Waals surface area contributed by atoms with E-state index in [2.05, 4.69) is 22.1 Å². The number of carbonyl (C=O) groups excluding carboxylic acids is 1. The van der Waals surface area contributed by atoms with Crippen molar-refractivity contribution in [1.29, 1.82) is 0 Å². The van der Waals surface area contributed by atoms with Crippen molar-refractivity contribution < 1.29 is 4.79 Å². The van der Waals surface area contributed by atoms with Gasteiger partial charge in [0, 0.05) is 31.9 Å². The van der Waals surface area contributed by atoms with Crippen LogP contribution in [0.2, 0.25) is 0 Å². The van der Waals surface area contributed by atoms with E-state index >= 15 is 0 Å². The van der Waals surface area contributed by atoms with Crippen molar-refractivity contribution in [1.82, 2.24) is 24.0 Å². The highest BCUT2D eigenvalue weighted by Crippen LogP contribution is 2.22. The first kappa shape index (κ1) is 23.7. The molecule has 1 aliphatic heterocycles. The van der Waals surface area contributed by atoms with Crippen LogP contribution in [0.1, 0.15) is 24.0 Å². The number of rotatable bonds is 5. The molecule has 0 spiro atoms. The van der Waals surface area contributed by atoms with Crippen LogP contribution in [-0.4, -0.2) is 43.0 Å². The van der Waals surface area contributed by atoms with Crippen LogP contribution in [0.25, 0.3) is 22.4 Å². The lowest BCUT2D eigenvalue weighted by Gasteiger charge is -2.32. The fourth-order valence-corrected chi connectivity index (χ4v) is 4.83. The van der Waals surface area contributed by atoms with Crippen molar-refractivity contribution in [2.75, 3.05) is 13.1 Å². The predicted octanol–water partition coefficient (Wildman–Crippen LogP) is 2.95. The molecule has 4 aromatic rings. The topological polar surface area (TPSA) is 90.1 Å². The van der Waals surface area contributed by atoms with Gasteiger partial charge in [-0.3, -0.25) is 18.7 Å². The average Bonchev–Trinajstić information content (AvgIpc) is 2.91. The van der Waals surface area contributed by atoms with E-state index in [1.165, 1.54) is 16.3 Å². The van der Waals surface area contributed by atoms with Gasteiger partial charge in [-0.15, -0.1) is 0 Å². The molecule has 1 fully saturated rings. The van der Waals surface area contributed by atoms with Gasteiger partial charge >= 0.3 is 5.69 Å². The minimum Gasteiger partial charge on any atom is -0.341 e. The number of carbonyl (C=O) groups is 1. The standard InChI is InChI=1S/C28H29N5O3/c1-19-8-10-22(11-9-19)25-29-17-23-26(30-25)31(2)28(36)33(27(23)35)18-24(34)32-14-12-21(13-15-32)16-20-6-4-3-5-7-20/h3-11,17,21H,12-16,18H2,1-2H3. The highest BCUT2D eigenvalue weighted by Gasteiger charge is 2.24. The number of aryl methyl sites for hydroxylation is 2. The van der Waals surface area contributed by atoms with Crippen LogP contribution in [0.3, 0.4) is 0 Å². The molecular formula is C28H29N5O3. The number of fused-ring (bicyclic) bond motifs is 1. The maximum absolute atomic E-state index is 13.2. The van der Waals surface area contributed by atoms with Gasteiger partial charge in [0.25, 0.3) is 5.56 Å². The Morgan fingerprint density at radius 3 is 2.39 bits per heavy atom. The van der Waals surface area contributed by atoms with Gasteiger partial charge in [0.15, 0.2) is 11.5 Å². The first-order valence-corrected chi connectivity index (χ1v) is 12.3. The maximum Gasteiger partial charge on any atom is 0.332 e. The zero-order valence-electron chi connectivity index (χ0n) is 20.6. The van der Waals surface area contributed by atoms with E-state index in [1.807, 2.05) is 49.4 Å². The molecule has 184 valence electrons. The SMILES string of the molecule is Cc1ccc(-c2ncc3c(=O)n(CC(=O)N4CCC(Cc5ccccc5)CC4)c(=O)n(C)c3n2)cc1. The largest absolute Gasteiger partial charge is 0.341 e. The Labute approximate surface area is 208 Å². The van der Waals surface area contributed by atoms with Crippen molar-refractivity contribution in [3.05, 3.63) is 92.8 Å². The number of hydrogen-bond acceptors (Lipinski definition) is 5. The maximum atomic E-state index is 13.2. The smallest absolute Gasteiger partial charge is 0.332 e. The molecule has 8 nitrogen and oxygen atoms in total. The molecule has 0 N–H and O–H groups in total. The number of hydrogen-bond donors (Lipinski definition) is 0. The lowest BCUT2D eigenvalue weighted by Crippen LogP contribution is -2.46. The van der Waals surface area contributed by atoms with Crippen molar-refractivity contribution >= 4 is 16.9 Å². The van der Waals surface area contributed by atoms with E-state index in [-0.39, 0.29) is 23.5 Å². The Balaban J connectivity index is 1.33. The van der Waals surface area contributed by atoms with Gasteiger partial charge in [0.2, 0.25) is 5.91 Å². The quantitative estimate of drug-likeness (QED) is 0.435. The molecule has 36 heavy (non-hydrogen) atoms. The fraction of sp³-hybridized carbons (Fsp3) is 0.321.